The van der Waals surface area contributed by atoms with E-state index in [1.807, 2.05) is 32.0 Å². The molecule has 96 valence electrons. The Kier molecular flexibility index (Phi) is 6.61. The molecule has 0 spiro atoms. The largest absolute Gasteiger partial charge is 0.489 e. The minimum absolute atomic E-state index is 0. The molecular weight excluding hydrogens is 240 g/mol. The van der Waals surface area contributed by atoms with Crippen LogP contribution in [0.3, 0.4) is 0 Å². The number of hydrogen-bond acceptors (Lipinski definition) is 3. The lowest BCUT2D eigenvalue weighted by Gasteiger charge is -2.15. The number of anilines is 1. The monoisotopic (exact) mass is 258 g/mol. The topological polar surface area (TPSA) is 64.3 Å². The number of hydrogen-bond donors (Lipinski definition) is 2. The summed E-state index contributed by atoms with van der Waals surface area (Å²) >= 11 is 0. The quantitative estimate of drug-likeness (QED) is 0.870. The number of para-hydroxylation sites is 2. The molecule has 1 atom stereocenters. The third-order valence-electron chi connectivity index (χ3n) is 1.92. The molecule has 0 fully saturated rings. The first-order valence-electron chi connectivity index (χ1n) is 5.33. The first-order chi connectivity index (χ1) is 7.50. The van der Waals surface area contributed by atoms with Crippen LogP contribution in [0.5, 0.6) is 5.75 Å². The summed E-state index contributed by atoms with van der Waals surface area (Å²) in [4.78, 5) is 11.5. The van der Waals surface area contributed by atoms with E-state index in [9.17, 15) is 4.79 Å². The van der Waals surface area contributed by atoms with Gasteiger partial charge in [-0.1, -0.05) is 12.1 Å². The molecule has 0 saturated carbocycles. The molecule has 0 unspecified atom stereocenters. The van der Waals surface area contributed by atoms with Crippen LogP contribution in [0.1, 0.15) is 20.8 Å². The van der Waals surface area contributed by atoms with E-state index in [1.54, 1.807) is 13.0 Å². The van der Waals surface area contributed by atoms with E-state index in [0.717, 1.165) is 0 Å². The van der Waals surface area contributed by atoms with Gasteiger partial charge in [-0.15, -0.1) is 12.4 Å². The molecule has 0 aliphatic rings. The van der Waals surface area contributed by atoms with Gasteiger partial charge in [0.05, 0.1) is 17.8 Å². The number of halogens is 1. The third kappa shape index (κ3) is 5.06. The van der Waals surface area contributed by atoms with Gasteiger partial charge < -0.3 is 15.8 Å². The van der Waals surface area contributed by atoms with Crippen LogP contribution >= 0.6 is 12.4 Å². The Balaban J connectivity index is 0.00000256. The van der Waals surface area contributed by atoms with Crippen LogP contribution in [0.2, 0.25) is 0 Å². The van der Waals surface area contributed by atoms with Gasteiger partial charge >= 0.3 is 0 Å². The lowest BCUT2D eigenvalue weighted by atomic mass is 10.2. The van der Waals surface area contributed by atoms with Crippen LogP contribution in [0.15, 0.2) is 24.3 Å². The van der Waals surface area contributed by atoms with E-state index in [1.165, 1.54) is 0 Å². The highest BCUT2D eigenvalue weighted by Crippen LogP contribution is 2.24. The molecular formula is C12H19ClN2O2. The summed E-state index contributed by atoms with van der Waals surface area (Å²) in [5.41, 5.74) is 6.13. The van der Waals surface area contributed by atoms with Gasteiger partial charge in [0.1, 0.15) is 5.75 Å². The first-order valence-corrected chi connectivity index (χ1v) is 5.33. The van der Waals surface area contributed by atoms with Crippen molar-refractivity contribution in [3.05, 3.63) is 24.3 Å². The van der Waals surface area contributed by atoms with Gasteiger partial charge in [0.15, 0.2) is 0 Å². The van der Waals surface area contributed by atoms with Crippen molar-refractivity contribution in [2.45, 2.75) is 32.9 Å². The second-order valence-corrected chi connectivity index (χ2v) is 3.94. The summed E-state index contributed by atoms with van der Waals surface area (Å²) in [6.07, 6.45) is 0.0633. The SMILES string of the molecule is CC(C)Oc1ccccc1NC(=O)[C@@H](C)N.Cl. The highest BCUT2D eigenvalue weighted by Gasteiger charge is 2.11. The van der Waals surface area contributed by atoms with Gasteiger partial charge in [-0.3, -0.25) is 4.79 Å². The fourth-order valence-electron chi connectivity index (χ4n) is 1.17. The van der Waals surface area contributed by atoms with E-state index in [-0.39, 0.29) is 24.4 Å². The summed E-state index contributed by atoms with van der Waals surface area (Å²) in [7, 11) is 0. The molecule has 0 radical (unpaired) electrons. The Morgan fingerprint density at radius 1 is 1.29 bits per heavy atom. The Morgan fingerprint density at radius 2 is 1.88 bits per heavy atom. The molecule has 1 aromatic rings. The number of carbonyl (C=O) groups excluding carboxylic acids is 1. The number of carbonyl (C=O) groups is 1. The Morgan fingerprint density at radius 3 is 2.41 bits per heavy atom. The van der Waals surface area contributed by atoms with Crippen molar-refractivity contribution in [2.24, 2.45) is 5.73 Å². The first kappa shape index (κ1) is 15.7. The van der Waals surface area contributed by atoms with Crippen LogP contribution < -0.4 is 15.8 Å². The van der Waals surface area contributed by atoms with E-state index in [0.29, 0.717) is 11.4 Å². The number of rotatable bonds is 4. The summed E-state index contributed by atoms with van der Waals surface area (Å²) < 4.78 is 5.57. The van der Waals surface area contributed by atoms with Crippen molar-refractivity contribution in [2.75, 3.05) is 5.32 Å². The molecule has 17 heavy (non-hydrogen) atoms. The minimum atomic E-state index is -0.535. The zero-order chi connectivity index (χ0) is 12.1. The number of amides is 1. The van der Waals surface area contributed by atoms with E-state index < -0.39 is 6.04 Å². The average Bonchev–Trinajstić information content (AvgIpc) is 2.20. The molecule has 0 saturated heterocycles. The van der Waals surface area contributed by atoms with E-state index in [4.69, 9.17) is 10.5 Å². The van der Waals surface area contributed by atoms with Crippen LogP contribution in [-0.2, 0) is 4.79 Å². The number of nitrogens with two attached hydrogens (primary N) is 1. The number of ether oxygens (including phenoxy) is 1. The molecule has 0 aromatic heterocycles. The van der Waals surface area contributed by atoms with Crippen molar-refractivity contribution in [1.82, 2.24) is 0 Å². The lowest BCUT2D eigenvalue weighted by Crippen LogP contribution is -2.32. The second-order valence-electron chi connectivity index (χ2n) is 3.94. The summed E-state index contributed by atoms with van der Waals surface area (Å²) in [5.74, 6) is 0.436. The van der Waals surface area contributed by atoms with Gasteiger partial charge in [0.2, 0.25) is 5.91 Å². The maximum Gasteiger partial charge on any atom is 0.241 e. The maximum atomic E-state index is 11.5. The standard InChI is InChI=1S/C12H18N2O2.ClH/c1-8(2)16-11-7-5-4-6-10(11)14-12(15)9(3)13;/h4-9H,13H2,1-3H3,(H,14,15);1H/t9-;/m1./s1. The lowest BCUT2D eigenvalue weighted by molar-refractivity contribution is -0.117. The normalized spacial score (nSPS) is 11.6. The van der Waals surface area contributed by atoms with Gasteiger partial charge in [-0.05, 0) is 32.9 Å². The van der Waals surface area contributed by atoms with Crippen molar-refractivity contribution >= 4 is 24.0 Å². The van der Waals surface area contributed by atoms with Crippen molar-refractivity contribution in [3.63, 3.8) is 0 Å². The third-order valence-corrected chi connectivity index (χ3v) is 1.92. The highest BCUT2D eigenvalue weighted by atomic mass is 35.5. The van der Waals surface area contributed by atoms with Crippen molar-refractivity contribution in [3.8, 4) is 5.75 Å². The molecule has 1 rings (SSSR count). The summed E-state index contributed by atoms with van der Waals surface area (Å²) in [6.45, 7) is 5.51. The second kappa shape index (κ2) is 7.14. The molecule has 0 aliphatic heterocycles. The predicted molar refractivity (Wildman–Crippen MR) is 71.7 cm³/mol. The number of nitrogens with one attached hydrogen (secondary N) is 1. The average molecular weight is 259 g/mol. The Labute approximate surface area is 108 Å². The van der Waals surface area contributed by atoms with Gasteiger partial charge in [0, 0.05) is 0 Å². The predicted octanol–water partition coefficient (Wildman–Crippen LogP) is 2.18. The molecule has 1 aromatic carbocycles. The number of benzene rings is 1. The molecule has 0 bridgehead atoms. The molecule has 5 heteroatoms. The maximum absolute atomic E-state index is 11.5. The fourth-order valence-corrected chi connectivity index (χ4v) is 1.17. The van der Waals surface area contributed by atoms with E-state index in [2.05, 4.69) is 5.32 Å². The van der Waals surface area contributed by atoms with Crippen molar-refractivity contribution in [1.29, 1.82) is 0 Å². The van der Waals surface area contributed by atoms with Crippen molar-refractivity contribution < 1.29 is 9.53 Å². The Hall–Kier alpha value is -1.26. The van der Waals surface area contributed by atoms with Crippen LogP contribution in [-0.4, -0.2) is 18.1 Å². The van der Waals surface area contributed by atoms with Crippen LogP contribution in [0.4, 0.5) is 5.69 Å². The van der Waals surface area contributed by atoms with Gasteiger partial charge in [-0.2, -0.15) is 0 Å². The van der Waals surface area contributed by atoms with Crippen LogP contribution in [0.25, 0.3) is 0 Å². The highest BCUT2D eigenvalue weighted by molar-refractivity contribution is 5.95. The van der Waals surface area contributed by atoms with Crippen LogP contribution in [0, 0.1) is 0 Å². The summed E-state index contributed by atoms with van der Waals surface area (Å²) in [6, 6.07) is 6.77. The summed E-state index contributed by atoms with van der Waals surface area (Å²) in [5, 5.41) is 2.73. The van der Waals surface area contributed by atoms with Gasteiger partial charge in [0.25, 0.3) is 0 Å². The fraction of sp³-hybridized carbons (Fsp3) is 0.417. The Bertz CT molecular complexity index is 367. The van der Waals surface area contributed by atoms with Gasteiger partial charge in [-0.25, -0.2) is 0 Å². The molecule has 3 N–H and O–H groups in total. The zero-order valence-corrected chi connectivity index (χ0v) is 11.1. The molecule has 4 nitrogen and oxygen atoms in total. The molecule has 0 heterocycles. The minimum Gasteiger partial charge on any atom is -0.489 e. The molecule has 0 aliphatic carbocycles. The van der Waals surface area contributed by atoms with E-state index >= 15 is 0 Å². The molecule has 1 amide bonds. The zero-order valence-electron chi connectivity index (χ0n) is 10.3. The smallest absolute Gasteiger partial charge is 0.241 e.